The van der Waals surface area contributed by atoms with Crippen LogP contribution in [0.3, 0.4) is 0 Å². The van der Waals surface area contributed by atoms with Crippen molar-refractivity contribution in [2.24, 2.45) is 0 Å². The third-order valence-corrected chi connectivity index (χ3v) is 4.30. The second-order valence-electron chi connectivity index (χ2n) is 5.37. The number of morpholine rings is 1. The molecule has 118 valence electrons. The largest absolute Gasteiger partial charge is 0.378 e. The molecule has 3 heterocycles. The van der Waals surface area contributed by atoms with E-state index < -0.39 is 0 Å². The Labute approximate surface area is 132 Å². The molecule has 0 spiro atoms. The molecule has 3 rings (SSSR count). The highest BCUT2D eigenvalue weighted by Gasteiger charge is 2.17. The quantitative estimate of drug-likeness (QED) is 0.932. The highest BCUT2D eigenvalue weighted by atomic mass is 32.1. The van der Waals surface area contributed by atoms with Gasteiger partial charge in [-0.05, 0) is 13.8 Å². The lowest BCUT2D eigenvalue weighted by Crippen LogP contribution is -2.36. The highest BCUT2D eigenvalue weighted by molar-refractivity contribution is 7.14. The Morgan fingerprint density at radius 2 is 2.18 bits per heavy atom. The molecule has 2 aromatic rings. The number of thiazole rings is 1. The van der Waals surface area contributed by atoms with Crippen LogP contribution in [0.4, 0.5) is 10.8 Å². The van der Waals surface area contributed by atoms with Gasteiger partial charge >= 0.3 is 0 Å². The average molecular weight is 321 g/mol. The van der Waals surface area contributed by atoms with Gasteiger partial charge in [0.2, 0.25) is 0 Å². The number of ether oxygens (including phenoxy) is 1. The fourth-order valence-corrected chi connectivity index (χ4v) is 3.01. The Hall–Kier alpha value is -1.93. The number of anilines is 2. The summed E-state index contributed by atoms with van der Waals surface area (Å²) in [5.74, 6) is -0.209. The molecule has 0 aromatic carbocycles. The van der Waals surface area contributed by atoms with Gasteiger partial charge in [0.1, 0.15) is 5.69 Å². The van der Waals surface area contributed by atoms with Gasteiger partial charge in [-0.1, -0.05) is 0 Å². The number of hydrogen-bond donors (Lipinski definition) is 1. The monoisotopic (exact) mass is 321 g/mol. The van der Waals surface area contributed by atoms with Crippen molar-refractivity contribution in [1.29, 1.82) is 0 Å². The zero-order valence-electron chi connectivity index (χ0n) is 12.7. The van der Waals surface area contributed by atoms with Crippen LogP contribution in [0.15, 0.2) is 17.8 Å². The van der Waals surface area contributed by atoms with E-state index in [1.165, 1.54) is 11.3 Å². The highest BCUT2D eigenvalue weighted by Crippen LogP contribution is 2.22. The van der Waals surface area contributed by atoms with Crippen LogP contribution in [0.1, 0.15) is 30.4 Å². The van der Waals surface area contributed by atoms with Crippen molar-refractivity contribution >= 4 is 28.1 Å². The molecule has 0 unspecified atom stereocenters. The SMILES string of the molecule is CC(C)n1cc(NC(=O)c2csc(N3CCOCC3)n2)cn1. The molecule has 0 atom stereocenters. The van der Waals surface area contributed by atoms with Gasteiger partial charge in [0.25, 0.3) is 5.91 Å². The van der Waals surface area contributed by atoms with E-state index in [9.17, 15) is 4.79 Å². The summed E-state index contributed by atoms with van der Waals surface area (Å²) in [6, 6.07) is 0.262. The number of carbonyl (C=O) groups excluding carboxylic acids is 1. The summed E-state index contributed by atoms with van der Waals surface area (Å²) in [7, 11) is 0. The van der Waals surface area contributed by atoms with E-state index in [0.29, 0.717) is 24.6 Å². The molecule has 1 aliphatic rings. The maximum atomic E-state index is 12.2. The Bertz CT molecular complexity index is 645. The van der Waals surface area contributed by atoms with Crippen LogP contribution in [-0.2, 0) is 4.74 Å². The molecule has 0 bridgehead atoms. The van der Waals surface area contributed by atoms with E-state index in [1.54, 1.807) is 16.3 Å². The van der Waals surface area contributed by atoms with Gasteiger partial charge in [0.15, 0.2) is 5.13 Å². The minimum atomic E-state index is -0.209. The number of aromatic nitrogens is 3. The van der Waals surface area contributed by atoms with Crippen molar-refractivity contribution in [2.75, 3.05) is 36.5 Å². The predicted molar refractivity (Wildman–Crippen MR) is 85.7 cm³/mol. The maximum absolute atomic E-state index is 12.2. The van der Waals surface area contributed by atoms with Gasteiger partial charge in [0, 0.05) is 30.7 Å². The molecule has 1 amide bonds. The number of rotatable bonds is 4. The molecule has 1 N–H and O–H groups in total. The number of nitrogens with one attached hydrogen (secondary N) is 1. The number of nitrogens with zero attached hydrogens (tertiary/aromatic N) is 4. The summed E-state index contributed by atoms with van der Waals surface area (Å²) in [6.45, 7) is 7.11. The first-order valence-electron chi connectivity index (χ1n) is 7.27. The topological polar surface area (TPSA) is 72.3 Å². The molecule has 22 heavy (non-hydrogen) atoms. The first-order chi connectivity index (χ1) is 10.6. The number of amides is 1. The molecule has 1 fully saturated rings. The van der Waals surface area contributed by atoms with Crippen LogP contribution in [0.2, 0.25) is 0 Å². The van der Waals surface area contributed by atoms with Gasteiger partial charge in [-0.15, -0.1) is 11.3 Å². The predicted octanol–water partition coefficient (Wildman–Crippen LogP) is 2.01. The van der Waals surface area contributed by atoms with Crippen molar-refractivity contribution in [3.63, 3.8) is 0 Å². The minimum absolute atomic E-state index is 0.209. The molecule has 8 heteroatoms. The van der Waals surface area contributed by atoms with Crippen LogP contribution in [-0.4, -0.2) is 47.0 Å². The lowest BCUT2D eigenvalue weighted by atomic mass is 10.4. The fraction of sp³-hybridized carbons (Fsp3) is 0.500. The Morgan fingerprint density at radius 1 is 1.41 bits per heavy atom. The van der Waals surface area contributed by atoms with E-state index in [4.69, 9.17) is 4.74 Å². The second kappa shape index (κ2) is 6.45. The van der Waals surface area contributed by atoms with E-state index in [1.807, 2.05) is 20.0 Å². The summed E-state index contributed by atoms with van der Waals surface area (Å²) in [5, 5.41) is 9.68. The maximum Gasteiger partial charge on any atom is 0.275 e. The van der Waals surface area contributed by atoms with Crippen molar-refractivity contribution in [1.82, 2.24) is 14.8 Å². The van der Waals surface area contributed by atoms with Crippen LogP contribution >= 0.6 is 11.3 Å². The molecular weight excluding hydrogens is 302 g/mol. The van der Waals surface area contributed by atoms with Crippen molar-refractivity contribution in [2.45, 2.75) is 19.9 Å². The van der Waals surface area contributed by atoms with Crippen LogP contribution in [0.25, 0.3) is 0 Å². The van der Waals surface area contributed by atoms with Gasteiger partial charge in [-0.3, -0.25) is 9.48 Å². The lowest BCUT2D eigenvalue weighted by Gasteiger charge is -2.25. The minimum Gasteiger partial charge on any atom is -0.378 e. The molecule has 1 aliphatic heterocycles. The van der Waals surface area contributed by atoms with Gasteiger partial charge in [-0.25, -0.2) is 4.98 Å². The standard InChI is InChI=1S/C14H19N5O2S/c1-10(2)19-8-11(7-15-19)16-13(20)12-9-22-14(17-12)18-3-5-21-6-4-18/h7-10H,3-6H2,1-2H3,(H,16,20). The fourth-order valence-electron chi connectivity index (χ4n) is 2.15. The van der Waals surface area contributed by atoms with Crippen molar-refractivity contribution < 1.29 is 9.53 Å². The third-order valence-electron chi connectivity index (χ3n) is 3.39. The van der Waals surface area contributed by atoms with E-state index in [-0.39, 0.29) is 11.9 Å². The van der Waals surface area contributed by atoms with Crippen LogP contribution in [0, 0.1) is 0 Å². The molecule has 7 nitrogen and oxygen atoms in total. The first kappa shape index (κ1) is 15.0. The Kier molecular flexibility index (Phi) is 4.39. The summed E-state index contributed by atoms with van der Waals surface area (Å²) in [6.07, 6.45) is 3.46. The van der Waals surface area contributed by atoms with Crippen LogP contribution in [0.5, 0.6) is 0 Å². The summed E-state index contributed by atoms with van der Waals surface area (Å²) >= 11 is 1.48. The van der Waals surface area contributed by atoms with E-state index >= 15 is 0 Å². The van der Waals surface area contributed by atoms with Gasteiger partial charge < -0.3 is 15.0 Å². The van der Waals surface area contributed by atoms with Gasteiger partial charge in [0.05, 0.1) is 25.1 Å². The number of hydrogen-bond acceptors (Lipinski definition) is 6. The zero-order chi connectivity index (χ0) is 15.5. The number of carbonyl (C=O) groups is 1. The first-order valence-corrected chi connectivity index (χ1v) is 8.15. The molecule has 2 aromatic heterocycles. The molecular formula is C14H19N5O2S. The summed E-state index contributed by atoms with van der Waals surface area (Å²) in [4.78, 5) is 18.8. The Morgan fingerprint density at radius 3 is 2.86 bits per heavy atom. The lowest BCUT2D eigenvalue weighted by molar-refractivity contribution is 0.102. The van der Waals surface area contributed by atoms with Crippen molar-refractivity contribution in [3.8, 4) is 0 Å². The molecule has 1 saturated heterocycles. The third kappa shape index (κ3) is 3.28. The smallest absolute Gasteiger partial charge is 0.275 e. The van der Waals surface area contributed by atoms with E-state index in [0.717, 1.165) is 18.2 Å². The summed E-state index contributed by atoms with van der Waals surface area (Å²) in [5.41, 5.74) is 1.11. The van der Waals surface area contributed by atoms with E-state index in [2.05, 4.69) is 20.3 Å². The second-order valence-corrected chi connectivity index (χ2v) is 6.21. The average Bonchev–Trinajstić information content (AvgIpc) is 3.17. The Balaban J connectivity index is 1.65. The molecule has 0 radical (unpaired) electrons. The molecule has 0 saturated carbocycles. The van der Waals surface area contributed by atoms with Gasteiger partial charge in [-0.2, -0.15) is 5.10 Å². The van der Waals surface area contributed by atoms with Crippen LogP contribution < -0.4 is 10.2 Å². The van der Waals surface area contributed by atoms with Crippen molar-refractivity contribution in [3.05, 3.63) is 23.5 Å². The zero-order valence-corrected chi connectivity index (χ0v) is 13.5. The summed E-state index contributed by atoms with van der Waals surface area (Å²) < 4.78 is 7.12. The molecule has 0 aliphatic carbocycles. The normalized spacial score (nSPS) is 15.3.